The van der Waals surface area contributed by atoms with Gasteiger partial charge in [-0.2, -0.15) is 0 Å². The molecule has 1 heterocycles. The summed E-state index contributed by atoms with van der Waals surface area (Å²) in [4.78, 5) is 17.2. The summed E-state index contributed by atoms with van der Waals surface area (Å²) in [5, 5.41) is 4.52. The summed E-state index contributed by atoms with van der Waals surface area (Å²) in [7, 11) is 5.48. The fourth-order valence-electron chi connectivity index (χ4n) is 3.35. The van der Waals surface area contributed by atoms with Crippen LogP contribution >= 0.6 is 0 Å². The lowest BCUT2D eigenvalue weighted by Gasteiger charge is -2.21. The summed E-state index contributed by atoms with van der Waals surface area (Å²) in [6.45, 7) is 2.46. The molecule has 0 aliphatic heterocycles. The number of carbonyl (C=O) groups excluding carboxylic acids is 1. The molecule has 3 rings (SSSR count). The van der Waals surface area contributed by atoms with Crippen LogP contribution in [0.4, 0.5) is 5.69 Å². The third kappa shape index (κ3) is 4.14. The molecule has 0 bridgehead atoms. The Morgan fingerprint density at radius 1 is 1.15 bits per heavy atom. The molecular formula is C22H27N3O2. The van der Waals surface area contributed by atoms with Gasteiger partial charge in [0, 0.05) is 49.3 Å². The predicted octanol–water partition coefficient (Wildman–Crippen LogP) is 3.52. The maximum Gasteiger partial charge on any atom is 0.322 e. The van der Waals surface area contributed by atoms with E-state index >= 15 is 0 Å². The van der Waals surface area contributed by atoms with Gasteiger partial charge in [0.1, 0.15) is 6.04 Å². The molecule has 2 atom stereocenters. The molecule has 0 saturated carbocycles. The molecule has 142 valence electrons. The molecule has 0 saturated heterocycles. The highest BCUT2D eigenvalue weighted by atomic mass is 16.5. The molecule has 2 aromatic carbocycles. The first-order chi connectivity index (χ1) is 13.0. The second-order valence-corrected chi connectivity index (χ2v) is 6.98. The highest BCUT2D eigenvalue weighted by molar-refractivity contribution is 5.84. The fraction of sp³-hybridized carbons (Fsp3) is 0.318. The summed E-state index contributed by atoms with van der Waals surface area (Å²) in [6, 6.07) is 16.5. The van der Waals surface area contributed by atoms with Gasteiger partial charge in [-0.15, -0.1) is 0 Å². The van der Waals surface area contributed by atoms with Gasteiger partial charge < -0.3 is 19.9 Å². The SMILES string of the molecule is COC(=O)[C@@H](C)NC[C@H](c1ccc(N(C)C)cc1)c1c[nH]c2ccccc12. The normalized spacial score (nSPS) is 13.3. The molecule has 0 unspecified atom stereocenters. The number of para-hydroxylation sites is 1. The van der Waals surface area contributed by atoms with Crippen molar-refractivity contribution in [3.8, 4) is 0 Å². The summed E-state index contributed by atoms with van der Waals surface area (Å²) in [6.07, 6.45) is 2.07. The van der Waals surface area contributed by atoms with Gasteiger partial charge in [0.2, 0.25) is 0 Å². The van der Waals surface area contributed by atoms with Crippen LogP contribution in [0.15, 0.2) is 54.7 Å². The number of hydrogen-bond acceptors (Lipinski definition) is 4. The van der Waals surface area contributed by atoms with Crippen molar-refractivity contribution in [1.82, 2.24) is 10.3 Å². The first-order valence-electron chi connectivity index (χ1n) is 9.15. The molecular weight excluding hydrogens is 338 g/mol. The van der Waals surface area contributed by atoms with Gasteiger partial charge in [-0.25, -0.2) is 0 Å². The molecule has 2 N–H and O–H groups in total. The van der Waals surface area contributed by atoms with Crippen LogP contribution in [-0.4, -0.2) is 44.7 Å². The Hall–Kier alpha value is -2.79. The first kappa shape index (κ1) is 19.0. The van der Waals surface area contributed by atoms with Gasteiger partial charge in [0.15, 0.2) is 0 Å². The van der Waals surface area contributed by atoms with Crippen molar-refractivity contribution in [3.63, 3.8) is 0 Å². The van der Waals surface area contributed by atoms with Crippen molar-refractivity contribution < 1.29 is 9.53 Å². The van der Waals surface area contributed by atoms with E-state index < -0.39 is 0 Å². The van der Waals surface area contributed by atoms with Gasteiger partial charge in [0.25, 0.3) is 0 Å². The summed E-state index contributed by atoms with van der Waals surface area (Å²) < 4.78 is 4.84. The molecule has 0 aliphatic carbocycles. The molecule has 3 aromatic rings. The van der Waals surface area contributed by atoms with Gasteiger partial charge in [0.05, 0.1) is 7.11 Å². The van der Waals surface area contributed by atoms with Crippen molar-refractivity contribution in [2.24, 2.45) is 0 Å². The number of H-pyrrole nitrogens is 1. The van der Waals surface area contributed by atoms with E-state index in [-0.39, 0.29) is 17.9 Å². The van der Waals surface area contributed by atoms with Gasteiger partial charge in [-0.3, -0.25) is 4.79 Å². The number of rotatable bonds is 7. The number of methoxy groups -OCH3 is 1. The zero-order valence-corrected chi connectivity index (χ0v) is 16.3. The first-order valence-corrected chi connectivity index (χ1v) is 9.15. The van der Waals surface area contributed by atoms with Crippen molar-refractivity contribution in [2.75, 3.05) is 32.6 Å². The van der Waals surface area contributed by atoms with Gasteiger partial charge >= 0.3 is 5.97 Å². The van der Waals surface area contributed by atoms with Crippen LogP contribution in [0.1, 0.15) is 24.0 Å². The zero-order chi connectivity index (χ0) is 19.4. The minimum Gasteiger partial charge on any atom is -0.468 e. The molecule has 0 amide bonds. The lowest BCUT2D eigenvalue weighted by Crippen LogP contribution is -2.37. The van der Waals surface area contributed by atoms with Crippen molar-refractivity contribution in [2.45, 2.75) is 18.9 Å². The minimum absolute atomic E-state index is 0.115. The maximum absolute atomic E-state index is 11.8. The maximum atomic E-state index is 11.8. The largest absolute Gasteiger partial charge is 0.468 e. The second-order valence-electron chi connectivity index (χ2n) is 6.98. The number of esters is 1. The summed E-state index contributed by atoms with van der Waals surface area (Å²) in [5.41, 5.74) is 4.69. The van der Waals surface area contributed by atoms with Crippen LogP contribution in [0.5, 0.6) is 0 Å². The molecule has 0 fully saturated rings. The number of anilines is 1. The van der Waals surface area contributed by atoms with E-state index in [0.717, 1.165) is 11.2 Å². The molecule has 5 nitrogen and oxygen atoms in total. The number of aromatic amines is 1. The van der Waals surface area contributed by atoms with Gasteiger partial charge in [-0.1, -0.05) is 30.3 Å². The number of ether oxygens (including phenoxy) is 1. The summed E-state index contributed by atoms with van der Waals surface area (Å²) >= 11 is 0. The van der Waals surface area contributed by atoms with Gasteiger partial charge in [-0.05, 0) is 36.2 Å². The lowest BCUT2D eigenvalue weighted by molar-refractivity contribution is -0.142. The quantitative estimate of drug-likeness (QED) is 0.629. The van der Waals surface area contributed by atoms with Crippen LogP contribution in [0.25, 0.3) is 10.9 Å². The Bertz CT molecular complexity index is 899. The fourth-order valence-corrected chi connectivity index (χ4v) is 3.35. The molecule has 1 aromatic heterocycles. The molecule has 5 heteroatoms. The Kier molecular flexibility index (Phi) is 5.81. The third-order valence-electron chi connectivity index (χ3n) is 4.99. The van der Waals surface area contributed by atoms with E-state index in [2.05, 4.69) is 63.9 Å². The zero-order valence-electron chi connectivity index (χ0n) is 16.3. The molecule has 0 aliphatic rings. The predicted molar refractivity (Wildman–Crippen MR) is 110 cm³/mol. The number of carbonyl (C=O) groups is 1. The average Bonchev–Trinajstić information content (AvgIpc) is 3.11. The van der Waals surface area contributed by atoms with Crippen LogP contribution in [0.3, 0.4) is 0 Å². The topological polar surface area (TPSA) is 57.4 Å². The second kappa shape index (κ2) is 8.27. The number of nitrogens with zero attached hydrogens (tertiary/aromatic N) is 1. The monoisotopic (exact) mass is 365 g/mol. The molecule has 0 spiro atoms. The standard InChI is InChI=1S/C22H27N3O2/c1-15(22(26)27-4)23-13-19(16-9-11-17(12-10-16)25(2)3)20-14-24-21-8-6-5-7-18(20)21/h5-12,14-15,19,23-24H,13H2,1-4H3/t15-,19-/m1/s1. The van der Waals surface area contributed by atoms with Crippen LogP contribution in [0.2, 0.25) is 0 Å². The number of aromatic nitrogens is 1. The number of benzene rings is 2. The van der Waals surface area contributed by atoms with Crippen LogP contribution < -0.4 is 10.2 Å². The number of hydrogen-bond donors (Lipinski definition) is 2. The van der Waals surface area contributed by atoms with Crippen molar-refractivity contribution in [3.05, 3.63) is 65.9 Å². The Morgan fingerprint density at radius 3 is 2.52 bits per heavy atom. The van der Waals surface area contributed by atoms with Crippen LogP contribution in [-0.2, 0) is 9.53 Å². The Morgan fingerprint density at radius 2 is 1.85 bits per heavy atom. The van der Waals surface area contributed by atoms with E-state index in [9.17, 15) is 4.79 Å². The Balaban J connectivity index is 1.94. The lowest BCUT2D eigenvalue weighted by atomic mass is 9.90. The number of nitrogens with one attached hydrogen (secondary N) is 2. The molecule has 27 heavy (non-hydrogen) atoms. The van der Waals surface area contributed by atoms with Crippen molar-refractivity contribution >= 4 is 22.6 Å². The number of fused-ring (bicyclic) bond motifs is 1. The highest BCUT2D eigenvalue weighted by Crippen LogP contribution is 2.31. The summed E-state index contributed by atoms with van der Waals surface area (Å²) in [5.74, 6) is -0.139. The average molecular weight is 365 g/mol. The minimum atomic E-state index is -0.358. The van der Waals surface area contributed by atoms with E-state index in [4.69, 9.17) is 4.74 Å². The van der Waals surface area contributed by atoms with E-state index in [1.165, 1.54) is 23.6 Å². The van der Waals surface area contributed by atoms with E-state index in [0.29, 0.717) is 6.54 Å². The van der Waals surface area contributed by atoms with E-state index in [1.807, 2.05) is 27.1 Å². The third-order valence-corrected chi connectivity index (χ3v) is 4.99. The molecule has 0 radical (unpaired) electrons. The smallest absolute Gasteiger partial charge is 0.322 e. The highest BCUT2D eigenvalue weighted by Gasteiger charge is 2.21. The van der Waals surface area contributed by atoms with Crippen LogP contribution in [0, 0.1) is 0 Å². The van der Waals surface area contributed by atoms with Crippen molar-refractivity contribution in [1.29, 1.82) is 0 Å². The van der Waals surface area contributed by atoms with E-state index in [1.54, 1.807) is 0 Å². The Labute approximate surface area is 160 Å².